The first kappa shape index (κ1) is 19.9. The summed E-state index contributed by atoms with van der Waals surface area (Å²) < 4.78 is 32.3. The van der Waals surface area contributed by atoms with E-state index in [0.29, 0.717) is 13.0 Å². The van der Waals surface area contributed by atoms with Crippen molar-refractivity contribution in [2.75, 3.05) is 18.9 Å². The molecule has 0 bridgehead atoms. The van der Waals surface area contributed by atoms with E-state index >= 15 is 0 Å². The summed E-state index contributed by atoms with van der Waals surface area (Å²) in [5.74, 6) is -1.71. The summed E-state index contributed by atoms with van der Waals surface area (Å²) in [5, 5.41) is 8.15. The van der Waals surface area contributed by atoms with Gasteiger partial charge < -0.3 is 15.6 Å². The van der Waals surface area contributed by atoms with Crippen LogP contribution >= 0.6 is 0 Å². The van der Waals surface area contributed by atoms with E-state index in [-0.39, 0.29) is 18.8 Å². The highest BCUT2D eigenvalue weighted by Gasteiger charge is 2.00. The summed E-state index contributed by atoms with van der Waals surface area (Å²) in [6.45, 7) is 1.90. The van der Waals surface area contributed by atoms with Gasteiger partial charge in [-0.25, -0.2) is 4.79 Å². The molecule has 0 aromatic heterocycles. The molecule has 4 N–H and O–H groups in total. The van der Waals surface area contributed by atoms with Crippen LogP contribution in [-0.2, 0) is 24.4 Å². The van der Waals surface area contributed by atoms with Gasteiger partial charge in [0.1, 0.15) is 6.61 Å². The van der Waals surface area contributed by atoms with Crippen LogP contribution in [0.15, 0.2) is 12.2 Å². The van der Waals surface area contributed by atoms with Gasteiger partial charge in [0, 0.05) is 6.08 Å². The van der Waals surface area contributed by atoms with Crippen molar-refractivity contribution in [3.8, 4) is 0 Å². The number of aliphatic carboxylic acids is 1. The Labute approximate surface area is 112 Å². The quantitative estimate of drug-likeness (QED) is 0.333. The van der Waals surface area contributed by atoms with Gasteiger partial charge in [0.15, 0.2) is 0 Å². The third-order valence-electron chi connectivity index (χ3n) is 1.47. The predicted octanol–water partition coefficient (Wildman–Crippen LogP) is -0.197. The first-order valence-corrected chi connectivity index (χ1v) is 7.00. The first-order valence-electron chi connectivity index (χ1n) is 5.39. The monoisotopic (exact) mass is 297 g/mol. The van der Waals surface area contributed by atoms with E-state index in [1.54, 1.807) is 6.92 Å². The predicted molar refractivity (Wildman–Crippen MR) is 68.1 cm³/mol. The number of allylic oxidation sites excluding steroid dienone is 1. The second-order valence-electron chi connectivity index (χ2n) is 3.24. The Kier molecular flexibility index (Phi) is 12.2. The highest BCUT2D eigenvalue weighted by molar-refractivity contribution is 7.85. The molecule has 0 amide bonds. The van der Waals surface area contributed by atoms with E-state index in [0.717, 1.165) is 0 Å². The molecule has 0 aliphatic carbocycles. The summed E-state index contributed by atoms with van der Waals surface area (Å²) in [5.41, 5.74) is 4.96. The Morgan fingerprint density at radius 2 is 1.95 bits per heavy atom. The number of carbonyl (C=O) groups excluding carboxylic acids is 1. The Morgan fingerprint density at radius 1 is 1.37 bits per heavy atom. The van der Waals surface area contributed by atoms with E-state index in [4.69, 9.17) is 15.4 Å². The number of esters is 1. The maximum atomic E-state index is 10.5. The summed E-state index contributed by atoms with van der Waals surface area (Å²) in [7, 11) is -3.77. The van der Waals surface area contributed by atoms with Crippen LogP contribution in [0.3, 0.4) is 0 Å². The molecule has 112 valence electrons. The molecule has 0 saturated heterocycles. The van der Waals surface area contributed by atoms with Gasteiger partial charge in [0.25, 0.3) is 10.1 Å². The lowest BCUT2D eigenvalue weighted by molar-refractivity contribution is -0.142. The lowest BCUT2D eigenvalue weighted by atomic mass is 10.5. The SMILES string of the molecule is CC=CC(=O)OCCC(=O)O.NCCCS(=O)(=O)O. The Hall–Kier alpha value is -1.45. The number of hydrogen-bond donors (Lipinski definition) is 3. The Bertz CT molecular complexity index is 389. The maximum Gasteiger partial charge on any atom is 0.330 e. The normalized spacial score (nSPS) is 10.7. The molecule has 0 aromatic carbocycles. The minimum atomic E-state index is -3.77. The van der Waals surface area contributed by atoms with Gasteiger partial charge in [-0.05, 0) is 19.9 Å². The van der Waals surface area contributed by atoms with Gasteiger partial charge in [-0.1, -0.05) is 6.08 Å². The average molecular weight is 297 g/mol. The molecule has 0 unspecified atom stereocenters. The van der Waals surface area contributed by atoms with Crippen molar-refractivity contribution in [2.45, 2.75) is 19.8 Å². The zero-order valence-electron chi connectivity index (χ0n) is 10.6. The molecule has 0 fully saturated rings. The lowest BCUT2D eigenvalue weighted by Gasteiger charge is -1.96. The molecular formula is C10H19NO7S. The van der Waals surface area contributed by atoms with Crippen molar-refractivity contribution in [1.82, 2.24) is 0 Å². The van der Waals surface area contributed by atoms with Crippen molar-refractivity contribution in [1.29, 1.82) is 0 Å². The summed E-state index contributed by atoms with van der Waals surface area (Å²) in [6, 6.07) is 0. The molecule has 0 aliphatic heterocycles. The van der Waals surface area contributed by atoms with E-state index in [1.165, 1.54) is 12.2 Å². The Morgan fingerprint density at radius 3 is 2.26 bits per heavy atom. The van der Waals surface area contributed by atoms with Crippen LogP contribution in [0.5, 0.6) is 0 Å². The molecular weight excluding hydrogens is 278 g/mol. The lowest BCUT2D eigenvalue weighted by Crippen LogP contribution is -2.09. The Balaban J connectivity index is 0. The molecule has 0 heterocycles. The van der Waals surface area contributed by atoms with Crippen LogP contribution in [-0.4, -0.2) is 48.9 Å². The van der Waals surface area contributed by atoms with Crippen LogP contribution in [0.4, 0.5) is 0 Å². The number of hydrogen-bond acceptors (Lipinski definition) is 6. The van der Waals surface area contributed by atoms with E-state index < -0.39 is 22.1 Å². The molecule has 9 heteroatoms. The van der Waals surface area contributed by atoms with Crippen LogP contribution in [0.25, 0.3) is 0 Å². The fourth-order valence-corrected chi connectivity index (χ4v) is 1.22. The fourth-order valence-electron chi connectivity index (χ4n) is 0.689. The van der Waals surface area contributed by atoms with Crippen molar-refractivity contribution in [3.05, 3.63) is 12.2 Å². The highest BCUT2D eigenvalue weighted by Crippen LogP contribution is 1.85. The first-order chi connectivity index (χ1) is 8.72. The van der Waals surface area contributed by atoms with Crippen LogP contribution < -0.4 is 5.73 Å². The van der Waals surface area contributed by atoms with Crippen LogP contribution in [0, 0.1) is 0 Å². The smallest absolute Gasteiger partial charge is 0.330 e. The number of rotatable bonds is 7. The van der Waals surface area contributed by atoms with Gasteiger partial charge in [-0.3, -0.25) is 9.35 Å². The molecule has 0 atom stereocenters. The van der Waals surface area contributed by atoms with Crippen molar-refractivity contribution in [2.24, 2.45) is 5.73 Å². The number of carbonyl (C=O) groups is 2. The molecule has 0 radical (unpaired) electrons. The number of carboxylic acid groups (broad SMARTS) is 1. The third-order valence-corrected chi connectivity index (χ3v) is 2.27. The summed E-state index contributed by atoms with van der Waals surface area (Å²) in [4.78, 5) is 20.5. The third kappa shape index (κ3) is 22.2. The largest absolute Gasteiger partial charge is 0.481 e. The molecule has 0 spiro atoms. The summed E-state index contributed by atoms with van der Waals surface area (Å²) in [6.07, 6.45) is 2.94. The second-order valence-corrected chi connectivity index (χ2v) is 4.81. The van der Waals surface area contributed by atoms with Crippen LogP contribution in [0.2, 0.25) is 0 Å². The van der Waals surface area contributed by atoms with E-state index in [9.17, 15) is 18.0 Å². The fraction of sp³-hybridized carbons (Fsp3) is 0.600. The van der Waals surface area contributed by atoms with Crippen molar-refractivity contribution in [3.63, 3.8) is 0 Å². The zero-order valence-corrected chi connectivity index (χ0v) is 11.4. The topological polar surface area (TPSA) is 144 Å². The van der Waals surface area contributed by atoms with Crippen molar-refractivity contribution < 1.29 is 32.4 Å². The van der Waals surface area contributed by atoms with E-state index in [1.807, 2.05) is 0 Å². The van der Waals surface area contributed by atoms with Crippen molar-refractivity contribution >= 4 is 22.1 Å². The number of nitrogens with two attached hydrogens (primary N) is 1. The minimum Gasteiger partial charge on any atom is -0.481 e. The minimum absolute atomic E-state index is 0.0709. The molecule has 0 saturated carbocycles. The molecule has 0 aromatic rings. The van der Waals surface area contributed by atoms with Gasteiger partial charge in [-0.2, -0.15) is 8.42 Å². The molecule has 0 aliphatic rings. The average Bonchev–Trinajstić information content (AvgIpc) is 2.26. The standard InChI is InChI=1S/C7H10O4.C3H9NO3S/c1-2-3-7(10)11-5-4-6(8)9;4-2-1-3-8(5,6)7/h2-3H,4-5H2,1H3,(H,8,9);1-4H2,(H,5,6,7). The van der Waals surface area contributed by atoms with Gasteiger partial charge in [-0.15, -0.1) is 0 Å². The van der Waals surface area contributed by atoms with Gasteiger partial charge in [0.2, 0.25) is 0 Å². The number of ether oxygens (including phenoxy) is 1. The van der Waals surface area contributed by atoms with Crippen LogP contribution in [0.1, 0.15) is 19.8 Å². The van der Waals surface area contributed by atoms with E-state index in [2.05, 4.69) is 4.74 Å². The molecule has 0 rings (SSSR count). The molecule has 19 heavy (non-hydrogen) atoms. The summed E-state index contributed by atoms with van der Waals surface area (Å²) >= 11 is 0. The van der Waals surface area contributed by atoms with Gasteiger partial charge in [0.05, 0.1) is 12.2 Å². The van der Waals surface area contributed by atoms with Gasteiger partial charge >= 0.3 is 11.9 Å². The number of carboxylic acids is 1. The highest BCUT2D eigenvalue weighted by atomic mass is 32.2. The second kappa shape index (κ2) is 11.6. The maximum absolute atomic E-state index is 10.5. The zero-order chi connectivity index (χ0) is 15.3. The molecule has 8 nitrogen and oxygen atoms in total.